The molecule has 0 aliphatic carbocycles. The Morgan fingerprint density at radius 1 is 0.920 bits per heavy atom. The summed E-state index contributed by atoms with van der Waals surface area (Å²) >= 11 is 0. The quantitative estimate of drug-likeness (QED) is 0.688. The molecule has 7 heteroatoms. The molecule has 2 amide bonds. The van der Waals surface area contributed by atoms with Gasteiger partial charge < -0.3 is 15.5 Å². The lowest BCUT2D eigenvalue weighted by molar-refractivity contribution is 0.262. The van der Waals surface area contributed by atoms with Crippen LogP contribution >= 0.6 is 24.8 Å². The molecule has 5 nitrogen and oxygen atoms in total. The van der Waals surface area contributed by atoms with Crippen LogP contribution in [0.1, 0.15) is 0 Å². The summed E-state index contributed by atoms with van der Waals surface area (Å²) in [5, 5.41) is 6.61. The molecule has 0 radical (unpaired) electrons. The maximum atomic E-state index is 12.2. The highest BCUT2D eigenvalue weighted by Crippen LogP contribution is 2.21. The average molecular weight is 379 g/mol. The maximum Gasteiger partial charge on any atom is 0.323 e. The first-order chi connectivity index (χ1) is 11.1. The number of hydrogen-bond acceptors (Lipinski definition) is 3. The van der Waals surface area contributed by atoms with Gasteiger partial charge in [0.25, 0.3) is 0 Å². The van der Waals surface area contributed by atoms with Crippen LogP contribution in [0.5, 0.6) is 0 Å². The van der Waals surface area contributed by atoms with Crippen molar-refractivity contribution in [3.63, 3.8) is 0 Å². The van der Waals surface area contributed by atoms with E-state index < -0.39 is 0 Å². The van der Waals surface area contributed by atoms with Gasteiger partial charge in [-0.1, -0.05) is 18.2 Å². The van der Waals surface area contributed by atoms with Crippen LogP contribution < -0.4 is 15.5 Å². The molecule has 0 aliphatic rings. The molecule has 0 saturated heterocycles. The van der Waals surface area contributed by atoms with Crippen molar-refractivity contribution in [2.75, 3.05) is 29.6 Å². The van der Waals surface area contributed by atoms with Gasteiger partial charge in [-0.25, -0.2) is 4.79 Å². The number of halogens is 2. The highest BCUT2D eigenvalue weighted by molar-refractivity contribution is 6.05. The lowest BCUT2D eigenvalue weighted by Crippen LogP contribution is -2.19. The number of fused-ring (bicyclic) bond motifs is 1. The molecule has 1 heterocycles. The Morgan fingerprint density at radius 2 is 1.60 bits per heavy atom. The molecule has 25 heavy (non-hydrogen) atoms. The van der Waals surface area contributed by atoms with Gasteiger partial charge in [0.1, 0.15) is 0 Å². The number of rotatable bonds is 3. The Bertz CT molecular complexity index is 833. The number of benzene rings is 2. The zero-order chi connectivity index (χ0) is 16.2. The average Bonchev–Trinajstić information content (AvgIpc) is 2.55. The summed E-state index contributed by atoms with van der Waals surface area (Å²) in [4.78, 5) is 18.5. The number of carbonyl (C=O) groups excluding carboxylic acids is 1. The van der Waals surface area contributed by atoms with Crippen molar-refractivity contribution in [2.24, 2.45) is 0 Å². The van der Waals surface area contributed by atoms with Gasteiger partial charge in [-0.15, -0.1) is 24.8 Å². The summed E-state index contributed by atoms with van der Waals surface area (Å²) in [5.74, 6) is 0. The lowest BCUT2D eigenvalue weighted by atomic mass is 10.2. The molecular weight excluding hydrogens is 359 g/mol. The van der Waals surface area contributed by atoms with Gasteiger partial charge in [0.15, 0.2) is 0 Å². The highest BCUT2D eigenvalue weighted by Gasteiger charge is 2.06. The van der Waals surface area contributed by atoms with Crippen LogP contribution in [0, 0.1) is 0 Å². The van der Waals surface area contributed by atoms with Crippen LogP contribution in [0.3, 0.4) is 0 Å². The van der Waals surface area contributed by atoms with Gasteiger partial charge in [0, 0.05) is 37.1 Å². The number of anilines is 3. The molecule has 0 bridgehead atoms. The molecule has 0 fully saturated rings. The predicted octanol–water partition coefficient (Wildman–Crippen LogP) is 4.79. The van der Waals surface area contributed by atoms with E-state index >= 15 is 0 Å². The minimum Gasteiger partial charge on any atom is -0.378 e. The van der Waals surface area contributed by atoms with Gasteiger partial charge in [-0.2, -0.15) is 0 Å². The predicted molar refractivity (Wildman–Crippen MR) is 110 cm³/mol. The van der Waals surface area contributed by atoms with E-state index in [0.717, 1.165) is 28.0 Å². The van der Waals surface area contributed by atoms with Crippen molar-refractivity contribution >= 4 is 58.8 Å². The van der Waals surface area contributed by atoms with E-state index in [1.54, 1.807) is 12.3 Å². The topological polar surface area (TPSA) is 57.3 Å². The largest absolute Gasteiger partial charge is 0.378 e. The molecule has 0 spiro atoms. The van der Waals surface area contributed by atoms with E-state index in [0.29, 0.717) is 0 Å². The number of amides is 2. The molecule has 2 N–H and O–H groups in total. The fourth-order valence-corrected chi connectivity index (χ4v) is 2.33. The third kappa shape index (κ3) is 4.98. The molecule has 0 saturated carbocycles. The molecule has 0 aliphatic heterocycles. The van der Waals surface area contributed by atoms with Crippen molar-refractivity contribution in [1.82, 2.24) is 4.98 Å². The van der Waals surface area contributed by atoms with Crippen molar-refractivity contribution in [3.05, 3.63) is 60.8 Å². The van der Waals surface area contributed by atoms with Crippen molar-refractivity contribution in [2.45, 2.75) is 0 Å². The number of aromatic nitrogens is 1. The standard InChI is InChI=1S/C18H18N4O.2ClH/c1-22(2)14-9-7-13(8-10-14)20-18(23)21-17-11-12-19-16-6-4-3-5-15(16)17;;/h3-12H,1-2H3,(H2,19,20,21,23);2*1H. The zero-order valence-electron chi connectivity index (χ0n) is 13.9. The van der Waals surface area contributed by atoms with E-state index in [-0.39, 0.29) is 30.8 Å². The summed E-state index contributed by atoms with van der Waals surface area (Å²) < 4.78 is 0. The molecule has 132 valence electrons. The van der Waals surface area contributed by atoms with E-state index in [9.17, 15) is 4.79 Å². The second-order valence-corrected chi connectivity index (χ2v) is 5.40. The Labute approximate surface area is 159 Å². The number of para-hydroxylation sites is 1. The zero-order valence-corrected chi connectivity index (χ0v) is 15.5. The summed E-state index contributed by atoms with van der Waals surface area (Å²) in [7, 11) is 3.95. The van der Waals surface area contributed by atoms with E-state index in [1.807, 2.05) is 67.5 Å². The molecule has 0 atom stereocenters. The molecule has 3 rings (SSSR count). The van der Waals surface area contributed by atoms with Crippen LogP contribution in [0.4, 0.5) is 21.9 Å². The minimum atomic E-state index is -0.279. The van der Waals surface area contributed by atoms with E-state index in [2.05, 4.69) is 15.6 Å². The van der Waals surface area contributed by atoms with Crippen molar-refractivity contribution < 1.29 is 4.79 Å². The van der Waals surface area contributed by atoms with Crippen LogP contribution in [-0.4, -0.2) is 25.1 Å². The number of carbonyl (C=O) groups is 1. The first kappa shape index (κ1) is 20.5. The van der Waals surface area contributed by atoms with Gasteiger partial charge >= 0.3 is 6.03 Å². The molecule has 1 aromatic heterocycles. The molecular formula is C18H20Cl2N4O. The number of hydrogen-bond donors (Lipinski definition) is 2. The fourth-order valence-electron chi connectivity index (χ4n) is 2.33. The van der Waals surface area contributed by atoms with Gasteiger partial charge in [0.05, 0.1) is 11.2 Å². The Balaban J connectivity index is 0.00000156. The highest BCUT2D eigenvalue weighted by atomic mass is 35.5. The lowest BCUT2D eigenvalue weighted by Gasteiger charge is -2.13. The Hall–Kier alpha value is -2.50. The first-order valence-electron chi connectivity index (χ1n) is 7.32. The van der Waals surface area contributed by atoms with Crippen LogP contribution in [0.15, 0.2) is 60.8 Å². The maximum absolute atomic E-state index is 12.2. The molecule has 2 aromatic carbocycles. The van der Waals surface area contributed by atoms with Crippen LogP contribution in [-0.2, 0) is 0 Å². The number of pyridine rings is 1. The Kier molecular flexibility index (Phi) is 7.48. The molecule has 0 unspecified atom stereocenters. The number of nitrogens with zero attached hydrogens (tertiary/aromatic N) is 2. The third-order valence-electron chi connectivity index (χ3n) is 3.54. The summed E-state index contributed by atoms with van der Waals surface area (Å²) in [5.41, 5.74) is 3.40. The number of urea groups is 1. The summed E-state index contributed by atoms with van der Waals surface area (Å²) in [6.45, 7) is 0. The third-order valence-corrected chi connectivity index (χ3v) is 3.54. The van der Waals surface area contributed by atoms with Gasteiger partial charge in [-0.05, 0) is 36.4 Å². The first-order valence-corrected chi connectivity index (χ1v) is 7.32. The fraction of sp³-hybridized carbons (Fsp3) is 0.111. The van der Waals surface area contributed by atoms with E-state index in [1.165, 1.54) is 0 Å². The summed E-state index contributed by atoms with van der Waals surface area (Å²) in [6.07, 6.45) is 1.68. The normalized spacial score (nSPS) is 9.52. The second kappa shape index (κ2) is 9.11. The van der Waals surface area contributed by atoms with E-state index in [4.69, 9.17) is 0 Å². The van der Waals surface area contributed by atoms with Gasteiger partial charge in [-0.3, -0.25) is 4.98 Å². The van der Waals surface area contributed by atoms with Gasteiger partial charge in [0.2, 0.25) is 0 Å². The summed E-state index contributed by atoms with van der Waals surface area (Å²) in [6, 6.07) is 16.9. The minimum absolute atomic E-state index is 0. The number of nitrogens with one attached hydrogen (secondary N) is 2. The monoisotopic (exact) mass is 378 g/mol. The molecule has 3 aromatic rings. The second-order valence-electron chi connectivity index (χ2n) is 5.40. The van der Waals surface area contributed by atoms with Crippen molar-refractivity contribution in [3.8, 4) is 0 Å². The van der Waals surface area contributed by atoms with Crippen LogP contribution in [0.25, 0.3) is 10.9 Å². The smallest absolute Gasteiger partial charge is 0.323 e. The Morgan fingerprint density at radius 3 is 2.28 bits per heavy atom. The van der Waals surface area contributed by atoms with Crippen molar-refractivity contribution in [1.29, 1.82) is 0 Å². The SMILES string of the molecule is CN(C)c1ccc(NC(=O)Nc2ccnc3ccccc23)cc1.Cl.Cl. The van der Waals surface area contributed by atoms with Crippen LogP contribution in [0.2, 0.25) is 0 Å².